The van der Waals surface area contributed by atoms with E-state index in [-0.39, 0.29) is 11.8 Å². The van der Waals surface area contributed by atoms with Gasteiger partial charge in [0.2, 0.25) is 0 Å². The summed E-state index contributed by atoms with van der Waals surface area (Å²) < 4.78 is 0. The first-order valence-electron chi connectivity index (χ1n) is 7.29. The maximum absolute atomic E-state index is 10.3. The van der Waals surface area contributed by atoms with Crippen LogP contribution in [0.15, 0.2) is 12.1 Å². The van der Waals surface area contributed by atoms with Gasteiger partial charge >= 0.3 is 0 Å². The van der Waals surface area contributed by atoms with Crippen molar-refractivity contribution in [2.24, 2.45) is 5.92 Å². The van der Waals surface area contributed by atoms with Crippen molar-refractivity contribution >= 4 is 23.2 Å². The second kappa shape index (κ2) is 6.10. The van der Waals surface area contributed by atoms with Gasteiger partial charge in [0.1, 0.15) is 5.75 Å². The topological polar surface area (TPSA) is 35.5 Å². The minimum Gasteiger partial charge on any atom is -0.508 e. The maximum Gasteiger partial charge on any atom is 0.123 e. The number of phenols is 1. The highest BCUT2D eigenvalue weighted by Crippen LogP contribution is 2.47. The fraction of sp³-hybridized carbons (Fsp3) is 0.600. The third kappa shape index (κ3) is 2.77. The molecule has 0 amide bonds. The van der Waals surface area contributed by atoms with Gasteiger partial charge in [0.25, 0.3) is 0 Å². The Kier molecular flexibility index (Phi) is 4.41. The molecule has 2 fully saturated rings. The van der Waals surface area contributed by atoms with Crippen LogP contribution < -0.4 is 5.32 Å². The zero-order valence-electron chi connectivity index (χ0n) is 11.4. The lowest BCUT2D eigenvalue weighted by Gasteiger charge is -2.43. The van der Waals surface area contributed by atoms with Gasteiger partial charge in [-0.15, -0.1) is 0 Å². The number of phenolic OH excluding ortho intramolecular Hbond substituents is 1. The molecule has 1 aliphatic heterocycles. The SMILES string of the molecule is Oc1cc(Cl)cc(Cl)c1[C@H](C1CCC1)N1CCNCC1. The van der Waals surface area contributed by atoms with E-state index in [4.69, 9.17) is 23.2 Å². The molecule has 1 aromatic carbocycles. The summed E-state index contributed by atoms with van der Waals surface area (Å²) >= 11 is 12.4. The standard InChI is InChI=1S/C15H20Cl2N2O/c16-11-8-12(17)14(13(20)9-11)15(10-2-1-3-10)19-6-4-18-5-7-19/h8-10,15,18,20H,1-7H2/t15-/m0/s1. The molecule has 1 saturated heterocycles. The predicted octanol–water partition coefficient (Wildman–Crippen LogP) is 3.45. The summed E-state index contributed by atoms with van der Waals surface area (Å²) in [7, 11) is 0. The number of rotatable bonds is 3. The summed E-state index contributed by atoms with van der Waals surface area (Å²) in [5.41, 5.74) is 0.864. The molecule has 2 aliphatic rings. The fourth-order valence-electron chi connectivity index (χ4n) is 3.30. The summed E-state index contributed by atoms with van der Waals surface area (Å²) in [5.74, 6) is 0.829. The molecular weight excluding hydrogens is 295 g/mol. The lowest BCUT2D eigenvalue weighted by atomic mass is 9.76. The quantitative estimate of drug-likeness (QED) is 0.897. The van der Waals surface area contributed by atoms with Crippen LogP contribution in [0, 0.1) is 5.92 Å². The molecular formula is C15H20Cl2N2O. The van der Waals surface area contributed by atoms with Gasteiger partial charge in [0.15, 0.2) is 0 Å². The Balaban J connectivity index is 1.96. The number of hydrogen-bond acceptors (Lipinski definition) is 3. The van der Waals surface area contributed by atoms with Crippen molar-refractivity contribution in [1.82, 2.24) is 10.2 Å². The summed E-state index contributed by atoms with van der Waals surface area (Å²) in [4.78, 5) is 2.45. The minimum absolute atomic E-state index is 0.218. The Morgan fingerprint density at radius 1 is 1.20 bits per heavy atom. The van der Waals surface area contributed by atoms with Crippen LogP contribution in [0.3, 0.4) is 0 Å². The van der Waals surface area contributed by atoms with E-state index in [0.29, 0.717) is 16.0 Å². The van der Waals surface area contributed by atoms with E-state index >= 15 is 0 Å². The highest BCUT2D eigenvalue weighted by molar-refractivity contribution is 6.35. The van der Waals surface area contributed by atoms with E-state index in [1.807, 2.05) is 0 Å². The molecule has 1 heterocycles. The molecule has 110 valence electrons. The van der Waals surface area contributed by atoms with E-state index in [1.165, 1.54) is 19.3 Å². The molecule has 0 bridgehead atoms. The van der Waals surface area contributed by atoms with E-state index in [1.54, 1.807) is 12.1 Å². The first kappa shape index (κ1) is 14.5. The zero-order chi connectivity index (χ0) is 14.1. The zero-order valence-corrected chi connectivity index (χ0v) is 12.9. The number of hydrogen-bond donors (Lipinski definition) is 2. The minimum atomic E-state index is 0.218. The highest BCUT2D eigenvalue weighted by Gasteiger charge is 2.36. The molecule has 5 heteroatoms. The van der Waals surface area contributed by atoms with Crippen molar-refractivity contribution in [1.29, 1.82) is 0 Å². The summed E-state index contributed by atoms with van der Waals surface area (Å²) in [6.07, 6.45) is 3.71. The maximum atomic E-state index is 10.3. The van der Waals surface area contributed by atoms with Gasteiger partial charge in [-0.3, -0.25) is 4.90 Å². The average molecular weight is 315 g/mol. The van der Waals surface area contributed by atoms with E-state index < -0.39 is 0 Å². The molecule has 1 atom stereocenters. The second-order valence-corrected chi connectivity index (χ2v) is 6.59. The molecule has 2 N–H and O–H groups in total. The first-order valence-corrected chi connectivity index (χ1v) is 8.05. The van der Waals surface area contributed by atoms with Crippen LogP contribution >= 0.6 is 23.2 Å². The molecule has 0 unspecified atom stereocenters. The van der Waals surface area contributed by atoms with Crippen molar-refractivity contribution in [3.63, 3.8) is 0 Å². The second-order valence-electron chi connectivity index (χ2n) is 5.74. The third-order valence-electron chi connectivity index (χ3n) is 4.51. The van der Waals surface area contributed by atoms with Crippen molar-refractivity contribution < 1.29 is 5.11 Å². The molecule has 0 radical (unpaired) electrons. The van der Waals surface area contributed by atoms with Crippen molar-refractivity contribution in [2.45, 2.75) is 25.3 Å². The highest BCUT2D eigenvalue weighted by atomic mass is 35.5. The van der Waals surface area contributed by atoms with Gasteiger partial charge in [0.05, 0.1) is 5.02 Å². The summed E-state index contributed by atoms with van der Waals surface area (Å²) in [6.45, 7) is 3.99. The Labute approximate surface area is 129 Å². The number of nitrogens with one attached hydrogen (secondary N) is 1. The van der Waals surface area contributed by atoms with Crippen LogP contribution in [-0.4, -0.2) is 36.2 Å². The van der Waals surface area contributed by atoms with Gasteiger partial charge in [0, 0.05) is 42.8 Å². The predicted molar refractivity (Wildman–Crippen MR) is 82.7 cm³/mol. The molecule has 1 aliphatic carbocycles. The number of nitrogens with zero attached hydrogens (tertiary/aromatic N) is 1. The number of piperazine rings is 1. The van der Waals surface area contributed by atoms with E-state index in [9.17, 15) is 5.11 Å². The Morgan fingerprint density at radius 2 is 1.90 bits per heavy atom. The number of benzene rings is 1. The van der Waals surface area contributed by atoms with Crippen LogP contribution in [0.25, 0.3) is 0 Å². The third-order valence-corrected chi connectivity index (χ3v) is 5.04. The van der Waals surface area contributed by atoms with Crippen molar-refractivity contribution in [3.8, 4) is 5.75 Å². The van der Waals surface area contributed by atoms with Crippen LogP contribution in [-0.2, 0) is 0 Å². The molecule has 1 saturated carbocycles. The Morgan fingerprint density at radius 3 is 2.45 bits per heavy atom. The Bertz CT molecular complexity index is 462. The van der Waals surface area contributed by atoms with Gasteiger partial charge < -0.3 is 10.4 Å². The molecule has 3 rings (SSSR count). The van der Waals surface area contributed by atoms with Crippen molar-refractivity contribution in [2.75, 3.05) is 26.2 Å². The average Bonchev–Trinajstić information content (AvgIpc) is 2.35. The number of aromatic hydroxyl groups is 1. The Hall–Kier alpha value is -0.480. The number of halogens is 2. The van der Waals surface area contributed by atoms with Crippen molar-refractivity contribution in [3.05, 3.63) is 27.7 Å². The van der Waals surface area contributed by atoms with Gasteiger partial charge in [-0.1, -0.05) is 29.6 Å². The molecule has 0 aromatic heterocycles. The molecule has 1 aromatic rings. The van der Waals surface area contributed by atoms with E-state index in [0.717, 1.165) is 31.7 Å². The monoisotopic (exact) mass is 314 g/mol. The van der Waals surface area contributed by atoms with Gasteiger partial charge in [-0.05, 0) is 30.9 Å². The van der Waals surface area contributed by atoms with Gasteiger partial charge in [-0.2, -0.15) is 0 Å². The van der Waals surface area contributed by atoms with Crippen LogP contribution in [0.4, 0.5) is 0 Å². The lowest BCUT2D eigenvalue weighted by molar-refractivity contribution is 0.0820. The summed E-state index contributed by atoms with van der Waals surface area (Å²) in [5, 5.41) is 14.8. The first-order chi connectivity index (χ1) is 9.66. The largest absolute Gasteiger partial charge is 0.508 e. The molecule has 3 nitrogen and oxygen atoms in total. The van der Waals surface area contributed by atoms with Crippen LogP contribution in [0.1, 0.15) is 30.9 Å². The van der Waals surface area contributed by atoms with Gasteiger partial charge in [-0.25, -0.2) is 0 Å². The fourth-order valence-corrected chi connectivity index (χ4v) is 3.89. The lowest BCUT2D eigenvalue weighted by Crippen LogP contribution is -2.47. The van der Waals surface area contributed by atoms with Crippen LogP contribution in [0.2, 0.25) is 10.0 Å². The smallest absolute Gasteiger partial charge is 0.123 e. The molecule has 0 spiro atoms. The molecule has 20 heavy (non-hydrogen) atoms. The van der Waals surface area contributed by atoms with Crippen LogP contribution in [0.5, 0.6) is 5.75 Å². The van der Waals surface area contributed by atoms with E-state index in [2.05, 4.69) is 10.2 Å². The summed E-state index contributed by atoms with van der Waals surface area (Å²) in [6, 6.07) is 3.57. The normalized spacial score (nSPS) is 22.5.